The highest BCUT2D eigenvalue weighted by molar-refractivity contribution is 6.27. The van der Waals surface area contributed by atoms with E-state index in [1.807, 2.05) is 49.4 Å². The van der Waals surface area contributed by atoms with E-state index in [1.54, 1.807) is 0 Å². The van der Waals surface area contributed by atoms with Gasteiger partial charge in [0.1, 0.15) is 0 Å². The summed E-state index contributed by atoms with van der Waals surface area (Å²) in [5.74, 6) is 0.302. The van der Waals surface area contributed by atoms with Crippen LogP contribution in [0.5, 0.6) is 0 Å². The Morgan fingerprint density at radius 1 is 1.00 bits per heavy atom. The van der Waals surface area contributed by atoms with Crippen molar-refractivity contribution in [3.8, 4) is 0 Å². The number of benzene rings is 2. The van der Waals surface area contributed by atoms with Crippen LogP contribution in [0.25, 0.3) is 10.8 Å². The Labute approximate surface area is 146 Å². The Hall–Kier alpha value is -2.42. The fourth-order valence-electron chi connectivity index (χ4n) is 6.20. The van der Waals surface area contributed by atoms with Crippen molar-refractivity contribution in [3.63, 3.8) is 0 Å². The maximum Gasteiger partial charge on any atom is 0.241 e. The molecule has 0 aromatic heterocycles. The number of allylic oxidation sites excluding steroid dienone is 2. The van der Waals surface area contributed by atoms with Crippen LogP contribution in [-0.2, 0) is 9.59 Å². The van der Waals surface area contributed by atoms with Gasteiger partial charge in [0, 0.05) is 5.39 Å². The van der Waals surface area contributed by atoms with E-state index in [-0.39, 0.29) is 35.0 Å². The monoisotopic (exact) mass is 329 g/mol. The Kier molecular flexibility index (Phi) is 2.23. The maximum atomic E-state index is 13.5. The molecule has 2 aromatic carbocycles. The van der Waals surface area contributed by atoms with Crippen LogP contribution in [0.3, 0.4) is 0 Å². The third-order valence-electron chi connectivity index (χ3n) is 7.43. The summed E-state index contributed by atoms with van der Waals surface area (Å²) < 4.78 is 0. The summed E-state index contributed by atoms with van der Waals surface area (Å²) in [6, 6.07) is 13.8. The first-order valence-electron chi connectivity index (χ1n) is 9.13. The molecule has 1 heterocycles. The van der Waals surface area contributed by atoms with E-state index in [4.69, 9.17) is 0 Å². The van der Waals surface area contributed by atoms with Gasteiger partial charge in [-0.3, -0.25) is 9.59 Å². The molecule has 3 nitrogen and oxygen atoms in total. The average Bonchev–Trinajstić information content (AvgIpc) is 3.24. The zero-order valence-electron chi connectivity index (χ0n) is 14.1. The van der Waals surface area contributed by atoms with Crippen LogP contribution in [0.1, 0.15) is 19.8 Å². The maximum absolute atomic E-state index is 13.5. The Morgan fingerprint density at radius 2 is 1.76 bits per heavy atom. The molecule has 1 spiro atoms. The van der Waals surface area contributed by atoms with Gasteiger partial charge in [0.2, 0.25) is 11.8 Å². The molecule has 25 heavy (non-hydrogen) atoms. The van der Waals surface area contributed by atoms with E-state index in [0.29, 0.717) is 0 Å². The molecule has 124 valence electrons. The van der Waals surface area contributed by atoms with Crippen molar-refractivity contribution >= 4 is 28.3 Å². The second-order valence-electron chi connectivity index (χ2n) is 8.36. The normalized spacial score (nSPS) is 36.7. The van der Waals surface area contributed by atoms with Gasteiger partial charge in [-0.15, -0.1) is 0 Å². The molecule has 0 radical (unpaired) electrons. The SMILES string of the molecule is C[C@]12C(=O)N(c3cccc4ccccc34)C(=O)[C@@H]1[C@H]1C=C[C@H]2C12CC2. The smallest absolute Gasteiger partial charge is 0.241 e. The van der Waals surface area contributed by atoms with Gasteiger partial charge in [0.25, 0.3) is 0 Å². The molecule has 2 amide bonds. The van der Waals surface area contributed by atoms with Crippen molar-refractivity contribution in [3.05, 3.63) is 54.6 Å². The highest BCUT2D eigenvalue weighted by Crippen LogP contribution is 2.77. The Bertz CT molecular complexity index is 997. The van der Waals surface area contributed by atoms with Crippen LogP contribution in [0, 0.1) is 28.6 Å². The van der Waals surface area contributed by atoms with Crippen LogP contribution in [0.4, 0.5) is 5.69 Å². The topological polar surface area (TPSA) is 37.4 Å². The number of imide groups is 1. The molecule has 3 fully saturated rings. The van der Waals surface area contributed by atoms with Crippen LogP contribution >= 0.6 is 0 Å². The van der Waals surface area contributed by atoms with Gasteiger partial charge in [-0.25, -0.2) is 4.90 Å². The van der Waals surface area contributed by atoms with Gasteiger partial charge >= 0.3 is 0 Å². The molecule has 2 aromatic rings. The lowest BCUT2D eigenvalue weighted by molar-refractivity contribution is -0.127. The largest absolute Gasteiger partial charge is 0.274 e. The molecule has 4 aliphatic rings. The van der Waals surface area contributed by atoms with E-state index >= 15 is 0 Å². The van der Waals surface area contributed by atoms with E-state index in [2.05, 4.69) is 12.2 Å². The fraction of sp³-hybridized carbons (Fsp3) is 0.364. The first-order valence-corrected chi connectivity index (χ1v) is 9.13. The highest BCUT2D eigenvalue weighted by atomic mass is 16.2. The van der Waals surface area contributed by atoms with Crippen LogP contribution in [-0.4, -0.2) is 11.8 Å². The first kappa shape index (κ1) is 13.8. The number of carbonyl (C=O) groups excluding carboxylic acids is 2. The van der Waals surface area contributed by atoms with Crippen LogP contribution < -0.4 is 4.90 Å². The molecular formula is C22H19NO2. The summed E-state index contributed by atoms with van der Waals surface area (Å²) in [4.78, 5) is 28.5. The minimum Gasteiger partial charge on any atom is -0.274 e. The fourth-order valence-corrected chi connectivity index (χ4v) is 6.20. The van der Waals surface area contributed by atoms with Gasteiger partial charge in [0.05, 0.1) is 17.0 Å². The van der Waals surface area contributed by atoms with Gasteiger partial charge < -0.3 is 0 Å². The van der Waals surface area contributed by atoms with Gasteiger partial charge in [-0.2, -0.15) is 0 Å². The van der Waals surface area contributed by atoms with Crippen molar-refractivity contribution < 1.29 is 9.59 Å². The Balaban J connectivity index is 1.54. The molecule has 1 aliphatic heterocycles. The summed E-state index contributed by atoms with van der Waals surface area (Å²) >= 11 is 0. The van der Waals surface area contributed by atoms with Crippen LogP contribution in [0.2, 0.25) is 0 Å². The van der Waals surface area contributed by atoms with Gasteiger partial charge in [-0.05, 0) is 48.5 Å². The summed E-state index contributed by atoms with van der Waals surface area (Å²) in [6.45, 7) is 2.04. The quantitative estimate of drug-likeness (QED) is 0.587. The van der Waals surface area contributed by atoms with E-state index in [9.17, 15) is 9.59 Å². The van der Waals surface area contributed by atoms with Gasteiger partial charge in [-0.1, -0.05) is 48.6 Å². The second kappa shape index (κ2) is 4.04. The molecule has 1 saturated heterocycles. The third-order valence-corrected chi connectivity index (χ3v) is 7.43. The number of hydrogen-bond donors (Lipinski definition) is 0. The predicted molar refractivity (Wildman–Crippen MR) is 95.8 cm³/mol. The first-order chi connectivity index (χ1) is 12.1. The standard InChI is InChI=1S/C22H19NO2/c1-21-17-10-9-15(22(17)11-12-22)18(21)19(24)23(20(21)25)16-8-4-6-13-5-2-3-7-14(13)16/h2-10,15,17-18H,11-12H2,1H3/t15-,17-,18+,21-/m1/s1. The lowest BCUT2D eigenvalue weighted by atomic mass is 9.71. The summed E-state index contributed by atoms with van der Waals surface area (Å²) in [6.07, 6.45) is 6.78. The highest BCUT2D eigenvalue weighted by Gasteiger charge is 2.78. The molecule has 4 atom stereocenters. The summed E-state index contributed by atoms with van der Waals surface area (Å²) in [5.41, 5.74) is 0.396. The average molecular weight is 329 g/mol. The van der Waals surface area contributed by atoms with Crippen LogP contribution in [0.15, 0.2) is 54.6 Å². The number of rotatable bonds is 1. The molecule has 6 rings (SSSR count). The number of fused-ring (bicyclic) bond motifs is 4. The number of carbonyl (C=O) groups is 2. The lowest BCUT2D eigenvalue weighted by Gasteiger charge is -2.29. The number of nitrogens with zero attached hydrogens (tertiary/aromatic N) is 1. The molecule has 0 unspecified atom stereocenters. The lowest BCUT2D eigenvalue weighted by Crippen LogP contribution is -2.39. The van der Waals surface area contributed by atoms with Crippen molar-refractivity contribution in [2.24, 2.45) is 28.6 Å². The third kappa shape index (κ3) is 1.34. The molecule has 0 N–H and O–H groups in total. The van der Waals surface area contributed by atoms with E-state index in [0.717, 1.165) is 29.3 Å². The molecule has 3 heteroatoms. The summed E-state index contributed by atoms with van der Waals surface area (Å²) in [7, 11) is 0. The van der Waals surface area contributed by atoms with Crippen molar-refractivity contribution in [2.45, 2.75) is 19.8 Å². The Morgan fingerprint density at radius 3 is 2.52 bits per heavy atom. The van der Waals surface area contributed by atoms with Crippen molar-refractivity contribution in [1.82, 2.24) is 0 Å². The molecular weight excluding hydrogens is 310 g/mol. The number of hydrogen-bond acceptors (Lipinski definition) is 2. The van der Waals surface area contributed by atoms with E-state index < -0.39 is 5.41 Å². The molecule has 3 aliphatic carbocycles. The minimum absolute atomic E-state index is 0.00183. The number of anilines is 1. The second-order valence-corrected chi connectivity index (χ2v) is 8.36. The van der Waals surface area contributed by atoms with Crippen molar-refractivity contribution in [1.29, 1.82) is 0 Å². The van der Waals surface area contributed by atoms with Gasteiger partial charge in [0.15, 0.2) is 0 Å². The number of amides is 2. The molecule has 2 saturated carbocycles. The zero-order valence-corrected chi connectivity index (χ0v) is 14.1. The van der Waals surface area contributed by atoms with E-state index in [1.165, 1.54) is 4.90 Å². The van der Waals surface area contributed by atoms with Crippen molar-refractivity contribution in [2.75, 3.05) is 4.90 Å². The molecule has 2 bridgehead atoms. The summed E-state index contributed by atoms with van der Waals surface area (Å²) in [5, 5.41) is 2.03. The minimum atomic E-state index is -0.566. The zero-order chi connectivity index (χ0) is 17.0. The predicted octanol–water partition coefficient (Wildman–Crippen LogP) is 3.93.